The van der Waals surface area contributed by atoms with Gasteiger partial charge < -0.3 is 19.2 Å². The highest BCUT2D eigenvalue weighted by Gasteiger charge is 2.26. The monoisotopic (exact) mass is 443 g/mol. The topological polar surface area (TPSA) is 77.8 Å². The zero-order valence-electron chi connectivity index (χ0n) is 18.8. The van der Waals surface area contributed by atoms with E-state index < -0.39 is 18.0 Å². The Morgan fingerprint density at radius 1 is 1.00 bits per heavy atom. The van der Waals surface area contributed by atoms with Gasteiger partial charge in [-0.2, -0.15) is 0 Å². The number of nitrogens with one attached hydrogen (secondary N) is 1. The number of carbonyl (C=O) groups is 2. The quantitative estimate of drug-likeness (QED) is 0.380. The number of furan rings is 1. The molecule has 0 aliphatic rings. The highest BCUT2D eigenvalue weighted by molar-refractivity contribution is 5.97. The number of benzene rings is 3. The minimum atomic E-state index is -1.09. The van der Waals surface area contributed by atoms with E-state index >= 15 is 0 Å². The Bertz CT molecular complexity index is 1290. The maximum absolute atomic E-state index is 13.2. The van der Waals surface area contributed by atoms with Gasteiger partial charge in [-0.15, -0.1) is 0 Å². The van der Waals surface area contributed by atoms with Gasteiger partial charge in [-0.1, -0.05) is 42.5 Å². The van der Waals surface area contributed by atoms with Crippen molar-refractivity contribution >= 4 is 28.5 Å². The van der Waals surface area contributed by atoms with Gasteiger partial charge in [0.15, 0.2) is 0 Å². The van der Waals surface area contributed by atoms with Gasteiger partial charge in [0.1, 0.15) is 11.3 Å². The number of fused-ring (bicyclic) bond motifs is 1. The van der Waals surface area contributed by atoms with Gasteiger partial charge in [-0.3, -0.25) is 9.59 Å². The maximum atomic E-state index is 13.2. The minimum absolute atomic E-state index is 0.0284. The standard InChI is InChI=1S/C27H25NO5/c1-17-9-10-18(2)23(13-17)28-27(30)26(19-7-5-4-6-8-19)33-25(29)14-20-16-32-24-15-21(31-3)11-12-22(20)24/h4-13,15-16,26H,14H2,1-3H3,(H,28,30). The molecule has 4 rings (SSSR count). The zero-order chi connectivity index (χ0) is 23.4. The number of hydrogen-bond acceptors (Lipinski definition) is 5. The number of hydrogen-bond donors (Lipinski definition) is 1. The highest BCUT2D eigenvalue weighted by atomic mass is 16.5. The molecule has 3 aromatic carbocycles. The lowest BCUT2D eigenvalue weighted by atomic mass is 10.1. The summed E-state index contributed by atoms with van der Waals surface area (Å²) >= 11 is 0. The molecule has 1 unspecified atom stereocenters. The second-order valence-corrected chi connectivity index (χ2v) is 7.89. The summed E-state index contributed by atoms with van der Waals surface area (Å²) in [7, 11) is 1.58. The van der Waals surface area contributed by atoms with Crippen LogP contribution in [0.2, 0.25) is 0 Å². The van der Waals surface area contributed by atoms with Crippen molar-refractivity contribution in [2.75, 3.05) is 12.4 Å². The third kappa shape index (κ3) is 5.06. The average Bonchev–Trinajstić information content (AvgIpc) is 3.22. The molecule has 1 aromatic heterocycles. The smallest absolute Gasteiger partial charge is 0.311 e. The molecule has 0 radical (unpaired) electrons. The summed E-state index contributed by atoms with van der Waals surface area (Å²) in [5, 5.41) is 3.70. The Hall–Kier alpha value is -4.06. The summed E-state index contributed by atoms with van der Waals surface area (Å²) in [5.74, 6) is -0.276. The van der Waals surface area contributed by atoms with Gasteiger partial charge in [-0.05, 0) is 43.2 Å². The summed E-state index contributed by atoms with van der Waals surface area (Å²) in [6, 6.07) is 20.2. The van der Waals surface area contributed by atoms with Crippen LogP contribution in [-0.2, 0) is 20.7 Å². The van der Waals surface area contributed by atoms with Crippen LogP contribution in [0.15, 0.2) is 77.4 Å². The molecule has 1 amide bonds. The van der Waals surface area contributed by atoms with Gasteiger partial charge in [0.2, 0.25) is 6.10 Å². The van der Waals surface area contributed by atoms with E-state index in [9.17, 15) is 9.59 Å². The van der Waals surface area contributed by atoms with Crippen LogP contribution >= 0.6 is 0 Å². The largest absolute Gasteiger partial charge is 0.497 e. The molecule has 0 aliphatic carbocycles. The summed E-state index contributed by atoms with van der Waals surface area (Å²) in [5.41, 5.74) is 4.52. The maximum Gasteiger partial charge on any atom is 0.311 e. The molecule has 1 N–H and O–H groups in total. The first-order chi connectivity index (χ1) is 15.9. The number of ether oxygens (including phenoxy) is 2. The zero-order valence-corrected chi connectivity index (χ0v) is 18.8. The van der Waals surface area contributed by atoms with Crippen molar-refractivity contribution in [1.82, 2.24) is 0 Å². The molecule has 0 spiro atoms. The van der Waals surface area contributed by atoms with Crippen molar-refractivity contribution < 1.29 is 23.5 Å². The van der Waals surface area contributed by atoms with Gasteiger partial charge in [0, 0.05) is 28.3 Å². The third-order valence-electron chi connectivity index (χ3n) is 5.44. The van der Waals surface area contributed by atoms with E-state index in [0.29, 0.717) is 28.1 Å². The fraction of sp³-hybridized carbons (Fsp3) is 0.185. The van der Waals surface area contributed by atoms with Crippen LogP contribution in [0, 0.1) is 13.8 Å². The predicted octanol–water partition coefficient (Wildman–Crippen LogP) is 5.52. The van der Waals surface area contributed by atoms with E-state index in [4.69, 9.17) is 13.9 Å². The molecule has 0 fully saturated rings. The normalized spacial score (nSPS) is 11.7. The molecule has 33 heavy (non-hydrogen) atoms. The lowest BCUT2D eigenvalue weighted by Gasteiger charge is -2.19. The highest BCUT2D eigenvalue weighted by Crippen LogP contribution is 2.27. The van der Waals surface area contributed by atoms with Crippen molar-refractivity contribution in [3.63, 3.8) is 0 Å². The van der Waals surface area contributed by atoms with Crippen LogP contribution in [0.4, 0.5) is 5.69 Å². The molecule has 6 heteroatoms. The Labute approximate surface area is 192 Å². The number of amides is 1. The molecule has 168 valence electrons. The molecule has 1 atom stereocenters. The number of methoxy groups -OCH3 is 1. The number of anilines is 1. The molecule has 0 saturated carbocycles. The van der Waals surface area contributed by atoms with Crippen LogP contribution in [0.25, 0.3) is 11.0 Å². The van der Waals surface area contributed by atoms with Crippen LogP contribution in [-0.4, -0.2) is 19.0 Å². The van der Waals surface area contributed by atoms with E-state index in [-0.39, 0.29) is 6.42 Å². The average molecular weight is 443 g/mol. The molecule has 0 aliphatic heterocycles. The van der Waals surface area contributed by atoms with Crippen LogP contribution in [0.5, 0.6) is 5.75 Å². The fourth-order valence-corrected chi connectivity index (χ4v) is 3.63. The van der Waals surface area contributed by atoms with Gasteiger partial charge in [-0.25, -0.2) is 0 Å². The Morgan fingerprint density at radius 2 is 1.79 bits per heavy atom. The molecule has 6 nitrogen and oxygen atoms in total. The minimum Gasteiger partial charge on any atom is -0.497 e. The summed E-state index contributed by atoms with van der Waals surface area (Å²) in [6.45, 7) is 3.87. The summed E-state index contributed by atoms with van der Waals surface area (Å²) in [6.07, 6.45) is 0.412. The van der Waals surface area contributed by atoms with Crippen LogP contribution < -0.4 is 10.1 Å². The second kappa shape index (κ2) is 9.61. The van der Waals surface area contributed by atoms with Crippen molar-refractivity contribution in [2.45, 2.75) is 26.4 Å². The van der Waals surface area contributed by atoms with Crippen molar-refractivity contribution in [2.24, 2.45) is 0 Å². The van der Waals surface area contributed by atoms with Crippen LogP contribution in [0.1, 0.15) is 28.4 Å². The molecular weight excluding hydrogens is 418 g/mol. The fourth-order valence-electron chi connectivity index (χ4n) is 3.63. The van der Waals surface area contributed by atoms with Crippen molar-refractivity contribution in [3.8, 4) is 5.75 Å². The molecule has 1 heterocycles. The molecular formula is C27H25NO5. The van der Waals surface area contributed by atoms with Crippen molar-refractivity contribution in [1.29, 1.82) is 0 Å². The first-order valence-electron chi connectivity index (χ1n) is 10.6. The van der Waals surface area contributed by atoms with E-state index in [0.717, 1.165) is 16.5 Å². The van der Waals surface area contributed by atoms with E-state index in [1.165, 1.54) is 6.26 Å². The molecule has 0 saturated heterocycles. The Morgan fingerprint density at radius 3 is 2.55 bits per heavy atom. The number of carbonyl (C=O) groups excluding carboxylic acids is 2. The van der Waals surface area contributed by atoms with Crippen molar-refractivity contribution in [3.05, 3.63) is 95.2 Å². The van der Waals surface area contributed by atoms with E-state index in [1.807, 2.05) is 44.2 Å². The number of esters is 1. The third-order valence-corrected chi connectivity index (χ3v) is 5.44. The first-order valence-corrected chi connectivity index (χ1v) is 10.6. The predicted molar refractivity (Wildman–Crippen MR) is 126 cm³/mol. The summed E-state index contributed by atoms with van der Waals surface area (Å²) in [4.78, 5) is 26.0. The van der Waals surface area contributed by atoms with Gasteiger partial charge in [0.25, 0.3) is 5.91 Å². The lowest BCUT2D eigenvalue weighted by Crippen LogP contribution is -2.26. The number of rotatable bonds is 7. The van der Waals surface area contributed by atoms with E-state index in [1.54, 1.807) is 43.5 Å². The lowest BCUT2D eigenvalue weighted by molar-refractivity contribution is -0.154. The summed E-state index contributed by atoms with van der Waals surface area (Å²) < 4.78 is 16.5. The van der Waals surface area contributed by atoms with Gasteiger partial charge >= 0.3 is 5.97 Å². The number of aryl methyl sites for hydroxylation is 2. The Kier molecular flexibility index (Phi) is 6.45. The Balaban J connectivity index is 1.55. The SMILES string of the molecule is COc1ccc2c(CC(=O)OC(C(=O)Nc3cc(C)ccc3C)c3ccccc3)coc2c1. The van der Waals surface area contributed by atoms with E-state index in [2.05, 4.69) is 5.32 Å². The second-order valence-electron chi connectivity index (χ2n) is 7.89. The molecule has 0 bridgehead atoms. The first kappa shape index (κ1) is 22.1. The van der Waals surface area contributed by atoms with Crippen LogP contribution in [0.3, 0.4) is 0 Å². The van der Waals surface area contributed by atoms with Gasteiger partial charge in [0.05, 0.1) is 19.8 Å². The molecule has 4 aromatic rings.